The zero-order chi connectivity index (χ0) is 13.9. The van der Waals surface area contributed by atoms with E-state index in [1.54, 1.807) is 7.05 Å². The molecular formula is C12H20N6O2. The number of amides is 2. The number of carbonyl (C=O) groups excluding carboxylic acids is 1. The van der Waals surface area contributed by atoms with Gasteiger partial charge in [0.1, 0.15) is 0 Å². The highest BCUT2D eigenvalue weighted by atomic mass is 16.5. The summed E-state index contributed by atoms with van der Waals surface area (Å²) in [4.78, 5) is 15.5. The van der Waals surface area contributed by atoms with Crippen molar-refractivity contribution in [1.29, 1.82) is 0 Å². The fourth-order valence-electron chi connectivity index (χ4n) is 2.99. The number of ether oxygens (including phenoxy) is 1. The van der Waals surface area contributed by atoms with Crippen LogP contribution in [0.1, 0.15) is 31.5 Å². The lowest BCUT2D eigenvalue weighted by molar-refractivity contribution is 0.0520. The summed E-state index contributed by atoms with van der Waals surface area (Å²) < 4.78 is 5.72. The molecule has 0 aliphatic carbocycles. The highest BCUT2D eigenvalue weighted by molar-refractivity contribution is 5.74. The molecule has 3 heterocycles. The molecule has 2 atom stereocenters. The van der Waals surface area contributed by atoms with E-state index in [0.29, 0.717) is 12.4 Å². The SMILES string of the molecule is Cn1nnc(CNC(=O)N2CCCC2C2CCCO2)n1. The number of aryl methyl sites for hydroxylation is 1. The fourth-order valence-corrected chi connectivity index (χ4v) is 2.99. The highest BCUT2D eigenvalue weighted by Gasteiger charge is 2.36. The molecule has 1 aromatic rings. The molecule has 0 radical (unpaired) electrons. The Kier molecular flexibility index (Phi) is 3.81. The molecule has 110 valence electrons. The molecule has 2 aliphatic heterocycles. The second-order valence-corrected chi connectivity index (χ2v) is 5.31. The quantitative estimate of drug-likeness (QED) is 0.846. The Bertz CT molecular complexity index is 470. The van der Waals surface area contributed by atoms with Gasteiger partial charge in [-0.1, -0.05) is 0 Å². The molecule has 2 unspecified atom stereocenters. The number of urea groups is 1. The van der Waals surface area contributed by atoms with Crippen molar-refractivity contribution in [2.45, 2.75) is 44.4 Å². The average molecular weight is 280 g/mol. The van der Waals surface area contributed by atoms with E-state index in [1.165, 1.54) is 4.80 Å². The Morgan fingerprint density at radius 1 is 1.45 bits per heavy atom. The number of rotatable bonds is 3. The molecule has 2 aliphatic rings. The van der Waals surface area contributed by atoms with E-state index < -0.39 is 0 Å². The molecule has 0 bridgehead atoms. The summed E-state index contributed by atoms with van der Waals surface area (Å²) in [6.07, 6.45) is 4.43. The molecule has 2 amide bonds. The Morgan fingerprint density at radius 2 is 2.35 bits per heavy atom. The number of nitrogens with zero attached hydrogens (tertiary/aromatic N) is 5. The van der Waals surface area contributed by atoms with Crippen LogP contribution in [0.25, 0.3) is 0 Å². The number of hydrogen-bond donors (Lipinski definition) is 1. The van der Waals surface area contributed by atoms with E-state index in [1.807, 2.05) is 4.90 Å². The van der Waals surface area contributed by atoms with E-state index in [2.05, 4.69) is 20.7 Å². The molecule has 1 N–H and O–H groups in total. The minimum atomic E-state index is -0.0598. The average Bonchev–Trinajstić information content (AvgIpc) is 3.16. The van der Waals surface area contributed by atoms with Crippen molar-refractivity contribution in [1.82, 2.24) is 30.4 Å². The van der Waals surface area contributed by atoms with Gasteiger partial charge >= 0.3 is 6.03 Å². The first-order valence-corrected chi connectivity index (χ1v) is 7.13. The summed E-state index contributed by atoms with van der Waals surface area (Å²) in [6.45, 7) is 1.92. The Labute approximate surface area is 117 Å². The smallest absolute Gasteiger partial charge is 0.318 e. The normalized spacial score (nSPS) is 26.1. The largest absolute Gasteiger partial charge is 0.376 e. The van der Waals surface area contributed by atoms with Crippen molar-refractivity contribution < 1.29 is 9.53 Å². The molecule has 20 heavy (non-hydrogen) atoms. The molecule has 0 saturated carbocycles. The van der Waals surface area contributed by atoms with Gasteiger partial charge in [0, 0.05) is 13.2 Å². The van der Waals surface area contributed by atoms with Crippen molar-refractivity contribution >= 4 is 6.03 Å². The van der Waals surface area contributed by atoms with Gasteiger partial charge in [0.25, 0.3) is 0 Å². The lowest BCUT2D eigenvalue weighted by Crippen LogP contribution is -2.47. The Morgan fingerprint density at radius 3 is 3.05 bits per heavy atom. The first-order chi connectivity index (χ1) is 9.74. The van der Waals surface area contributed by atoms with Crippen molar-refractivity contribution in [3.63, 3.8) is 0 Å². The van der Waals surface area contributed by atoms with Crippen LogP contribution < -0.4 is 5.32 Å². The standard InChI is InChI=1S/C12H20N6O2/c1-17-15-11(14-16-17)8-13-12(19)18-6-2-4-9(18)10-5-3-7-20-10/h9-10H,2-8H2,1H3,(H,13,19). The Hall–Kier alpha value is -1.70. The molecule has 8 heteroatoms. The van der Waals surface area contributed by atoms with Crippen LogP contribution in [0.3, 0.4) is 0 Å². The van der Waals surface area contributed by atoms with Gasteiger partial charge in [-0.15, -0.1) is 10.2 Å². The van der Waals surface area contributed by atoms with Crippen molar-refractivity contribution in [2.75, 3.05) is 13.2 Å². The molecule has 0 spiro atoms. The maximum absolute atomic E-state index is 12.3. The van der Waals surface area contributed by atoms with Gasteiger partial charge in [-0.3, -0.25) is 0 Å². The maximum Gasteiger partial charge on any atom is 0.318 e. The van der Waals surface area contributed by atoms with Gasteiger partial charge < -0.3 is 15.0 Å². The third-order valence-electron chi connectivity index (χ3n) is 3.90. The van der Waals surface area contributed by atoms with Crippen molar-refractivity contribution in [2.24, 2.45) is 7.05 Å². The molecule has 2 fully saturated rings. The summed E-state index contributed by atoms with van der Waals surface area (Å²) in [5.74, 6) is 0.522. The van der Waals surface area contributed by atoms with Crippen LogP contribution in [-0.4, -0.2) is 56.4 Å². The minimum Gasteiger partial charge on any atom is -0.376 e. The molecular weight excluding hydrogens is 260 g/mol. The lowest BCUT2D eigenvalue weighted by atomic mass is 10.1. The third-order valence-corrected chi connectivity index (χ3v) is 3.90. The number of aromatic nitrogens is 4. The predicted molar refractivity (Wildman–Crippen MR) is 69.7 cm³/mol. The second-order valence-electron chi connectivity index (χ2n) is 5.31. The van der Waals surface area contributed by atoms with E-state index >= 15 is 0 Å². The van der Waals surface area contributed by atoms with E-state index in [-0.39, 0.29) is 18.2 Å². The zero-order valence-electron chi connectivity index (χ0n) is 11.7. The summed E-state index contributed by atoms with van der Waals surface area (Å²) in [5.41, 5.74) is 0. The molecule has 2 saturated heterocycles. The molecule has 3 rings (SSSR count). The van der Waals surface area contributed by atoms with Gasteiger partial charge in [0.05, 0.1) is 25.7 Å². The topological polar surface area (TPSA) is 85.2 Å². The first kappa shape index (κ1) is 13.3. The fraction of sp³-hybridized carbons (Fsp3) is 0.833. The predicted octanol–water partition coefficient (Wildman–Crippen LogP) is 0.0631. The van der Waals surface area contributed by atoms with Gasteiger partial charge in [0.2, 0.25) is 0 Å². The number of hydrogen-bond acceptors (Lipinski definition) is 5. The highest BCUT2D eigenvalue weighted by Crippen LogP contribution is 2.27. The number of nitrogens with one attached hydrogen (secondary N) is 1. The molecule has 8 nitrogen and oxygen atoms in total. The first-order valence-electron chi connectivity index (χ1n) is 7.13. The van der Waals surface area contributed by atoms with Crippen LogP contribution in [0.15, 0.2) is 0 Å². The van der Waals surface area contributed by atoms with Gasteiger partial charge in [-0.05, 0) is 30.9 Å². The Balaban J connectivity index is 1.55. The number of carbonyl (C=O) groups is 1. The van der Waals surface area contributed by atoms with E-state index in [4.69, 9.17) is 4.74 Å². The monoisotopic (exact) mass is 280 g/mol. The lowest BCUT2D eigenvalue weighted by Gasteiger charge is -2.28. The third kappa shape index (κ3) is 2.74. The van der Waals surface area contributed by atoms with Crippen LogP contribution in [0, 0.1) is 0 Å². The van der Waals surface area contributed by atoms with Gasteiger partial charge in [-0.25, -0.2) is 4.79 Å². The number of likely N-dealkylation sites (tertiary alicyclic amines) is 1. The van der Waals surface area contributed by atoms with Crippen LogP contribution in [0.5, 0.6) is 0 Å². The van der Waals surface area contributed by atoms with Crippen molar-refractivity contribution in [3.8, 4) is 0 Å². The summed E-state index contributed by atoms with van der Waals surface area (Å²) in [6, 6.07) is 0.155. The minimum absolute atomic E-state index is 0.0598. The maximum atomic E-state index is 12.3. The van der Waals surface area contributed by atoms with Crippen LogP contribution in [0.4, 0.5) is 4.79 Å². The number of tetrazole rings is 1. The van der Waals surface area contributed by atoms with Crippen LogP contribution >= 0.6 is 0 Å². The molecule has 1 aromatic heterocycles. The summed E-state index contributed by atoms with van der Waals surface area (Å²) in [7, 11) is 1.70. The van der Waals surface area contributed by atoms with Crippen molar-refractivity contribution in [3.05, 3.63) is 5.82 Å². The van der Waals surface area contributed by atoms with E-state index in [0.717, 1.165) is 38.8 Å². The second kappa shape index (κ2) is 5.74. The van der Waals surface area contributed by atoms with Gasteiger partial charge in [-0.2, -0.15) is 4.80 Å². The van der Waals surface area contributed by atoms with Gasteiger partial charge in [0.15, 0.2) is 5.82 Å². The molecule has 0 aromatic carbocycles. The zero-order valence-corrected chi connectivity index (χ0v) is 11.7. The van der Waals surface area contributed by atoms with E-state index in [9.17, 15) is 4.79 Å². The summed E-state index contributed by atoms with van der Waals surface area (Å²) >= 11 is 0. The van der Waals surface area contributed by atoms with Crippen LogP contribution in [0.2, 0.25) is 0 Å². The van der Waals surface area contributed by atoms with Crippen LogP contribution in [-0.2, 0) is 18.3 Å². The summed E-state index contributed by atoms with van der Waals surface area (Å²) in [5, 5.41) is 14.5.